The van der Waals surface area contributed by atoms with Crippen molar-refractivity contribution in [3.05, 3.63) is 64.9 Å². The Kier molecular flexibility index (Phi) is 5.94. The monoisotopic (exact) mass is 365 g/mol. The van der Waals surface area contributed by atoms with Crippen LogP contribution in [0.3, 0.4) is 0 Å². The van der Waals surface area contributed by atoms with Crippen LogP contribution in [0.2, 0.25) is 0 Å². The quantitative estimate of drug-likeness (QED) is 0.624. The topological polar surface area (TPSA) is 38.7 Å². The zero-order chi connectivity index (χ0) is 20.4. The minimum Gasteiger partial charge on any atom is -0.497 e. The summed E-state index contributed by atoms with van der Waals surface area (Å²) >= 11 is 0. The molecule has 0 unspecified atom stereocenters. The van der Waals surface area contributed by atoms with E-state index in [4.69, 9.17) is 4.74 Å². The molecule has 0 aliphatic heterocycles. The van der Waals surface area contributed by atoms with Crippen LogP contribution in [0, 0.1) is 10.8 Å². The lowest BCUT2D eigenvalue weighted by molar-refractivity contribution is -0.114. The first-order chi connectivity index (χ1) is 12.4. The zero-order valence-electron chi connectivity index (χ0n) is 17.8. The molecular weight excluding hydrogens is 334 g/mol. The Bertz CT molecular complexity index is 800. The van der Waals surface area contributed by atoms with Crippen LogP contribution in [0.15, 0.2) is 64.3 Å². The molecule has 3 heteroatoms. The number of carbonyl (C=O) groups excluding carboxylic acids is 1. The predicted molar refractivity (Wildman–Crippen MR) is 113 cm³/mol. The highest BCUT2D eigenvalue weighted by Crippen LogP contribution is 2.38. The number of hydrogen-bond donors (Lipinski definition) is 0. The van der Waals surface area contributed by atoms with Gasteiger partial charge in [-0.1, -0.05) is 41.5 Å². The van der Waals surface area contributed by atoms with Gasteiger partial charge < -0.3 is 4.74 Å². The highest BCUT2D eigenvalue weighted by Gasteiger charge is 2.33. The Balaban J connectivity index is 2.44. The number of aliphatic imine (C=N–C) groups is 1. The fourth-order valence-corrected chi connectivity index (χ4v) is 2.92. The second kappa shape index (κ2) is 7.67. The third kappa shape index (κ3) is 5.06. The van der Waals surface area contributed by atoms with E-state index in [1.807, 2.05) is 49.5 Å². The molecule has 0 heterocycles. The smallest absolute Gasteiger partial charge is 0.186 e. The lowest BCUT2D eigenvalue weighted by atomic mass is 9.72. The predicted octanol–water partition coefficient (Wildman–Crippen LogP) is 5.92. The number of carbonyl (C=O) groups is 1. The summed E-state index contributed by atoms with van der Waals surface area (Å²) in [5.41, 5.74) is 4.15. The lowest BCUT2D eigenvalue weighted by Gasteiger charge is -2.31. The molecule has 0 saturated heterocycles. The third-order valence-electron chi connectivity index (χ3n) is 4.64. The van der Waals surface area contributed by atoms with Crippen LogP contribution >= 0.6 is 0 Å². The van der Waals surface area contributed by atoms with Crippen molar-refractivity contribution in [3.8, 4) is 5.75 Å². The van der Waals surface area contributed by atoms with Crippen LogP contribution in [0.25, 0.3) is 0 Å². The summed E-state index contributed by atoms with van der Waals surface area (Å²) in [6.45, 7) is 14.4. The van der Waals surface area contributed by atoms with Gasteiger partial charge in [-0.2, -0.15) is 0 Å². The Morgan fingerprint density at radius 1 is 0.926 bits per heavy atom. The highest BCUT2D eigenvalue weighted by atomic mass is 16.5. The fraction of sp³-hybridized carbons (Fsp3) is 0.417. The molecule has 0 atom stereocenters. The summed E-state index contributed by atoms with van der Waals surface area (Å²) in [6, 6.07) is 7.84. The molecule has 0 fully saturated rings. The van der Waals surface area contributed by atoms with E-state index in [1.165, 1.54) is 0 Å². The van der Waals surface area contributed by atoms with E-state index in [0.717, 1.165) is 33.7 Å². The van der Waals surface area contributed by atoms with Crippen LogP contribution in [-0.2, 0) is 4.79 Å². The van der Waals surface area contributed by atoms with Gasteiger partial charge in [-0.05, 0) is 65.3 Å². The van der Waals surface area contributed by atoms with Gasteiger partial charge in [-0.25, -0.2) is 0 Å². The largest absolute Gasteiger partial charge is 0.497 e. The van der Waals surface area contributed by atoms with E-state index in [2.05, 4.69) is 46.5 Å². The molecule has 0 saturated carbocycles. The van der Waals surface area contributed by atoms with Gasteiger partial charge in [0.05, 0.1) is 7.11 Å². The van der Waals surface area contributed by atoms with Gasteiger partial charge in [0.2, 0.25) is 0 Å². The molecule has 0 bridgehead atoms. The first kappa shape index (κ1) is 20.9. The van der Waals surface area contributed by atoms with Gasteiger partial charge in [0.15, 0.2) is 5.78 Å². The van der Waals surface area contributed by atoms with Crippen LogP contribution in [0.1, 0.15) is 54.0 Å². The maximum atomic E-state index is 13.0. The van der Waals surface area contributed by atoms with Gasteiger partial charge in [-0.15, -0.1) is 0 Å². The molecule has 0 aromatic heterocycles. The third-order valence-corrected chi connectivity index (χ3v) is 4.64. The number of Topliss-reactive ketones (excluding diaryl/α,β-unsaturated/α-hetero) is 1. The summed E-state index contributed by atoms with van der Waals surface area (Å²) in [5.74, 6) is 0.967. The maximum Gasteiger partial charge on any atom is 0.186 e. The summed E-state index contributed by atoms with van der Waals surface area (Å²) < 4.78 is 5.20. The molecule has 0 N–H and O–H groups in total. The molecule has 0 amide bonds. The molecule has 2 rings (SSSR count). The van der Waals surface area contributed by atoms with Crippen LogP contribution < -0.4 is 4.74 Å². The van der Waals surface area contributed by atoms with Crippen molar-refractivity contribution in [1.82, 2.24) is 0 Å². The molecule has 27 heavy (non-hydrogen) atoms. The van der Waals surface area contributed by atoms with Gasteiger partial charge in [0.1, 0.15) is 5.75 Å². The van der Waals surface area contributed by atoms with Gasteiger partial charge >= 0.3 is 0 Å². The number of ketones is 1. The van der Waals surface area contributed by atoms with Crippen molar-refractivity contribution >= 4 is 11.5 Å². The molecule has 1 aliphatic carbocycles. The Hall–Kier alpha value is -2.42. The fourth-order valence-electron chi connectivity index (χ4n) is 2.92. The Labute approximate surface area is 163 Å². The number of allylic oxidation sites excluding steroid dienone is 5. The molecule has 0 spiro atoms. The Morgan fingerprint density at radius 2 is 1.41 bits per heavy atom. The first-order valence-electron chi connectivity index (χ1n) is 9.31. The van der Waals surface area contributed by atoms with Crippen LogP contribution in [-0.4, -0.2) is 18.6 Å². The summed E-state index contributed by atoms with van der Waals surface area (Å²) in [4.78, 5) is 17.6. The normalized spacial score (nSPS) is 16.1. The summed E-state index contributed by atoms with van der Waals surface area (Å²) in [6.07, 6.45) is 5.80. The maximum absolute atomic E-state index is 13.0. The molecule has 144 valence electrons. The van der Waals surface area contributed by atoms with Crippen molar-refractivity contribution in [2.75, 3.05) is 7.11 Å². The molecular formula is C24H31NO2. The van der Waals surface area contributed by atoms with Crippen molar-refractivity contribution in [3.63, 3.8) is 0 Å². The molecule has 3 nitrogen and oxygen atoms in total. The minimum absolute atomic E-state index is 0.142. The van der Waals surface area contributed by atoms with E-state index in [0.29, 0.717) is 0 Å². The van der Waals surface area contributed by atoms with Crippen molar-refractivity contribution in [2.45, 2.75) is 48.5 Å². The molecule has 1 aromatic rings. The number of hydrogen-bond acceptors (Lipinski definition) is 3. The molecule has 1 aromatic carbocycles. The highest BCUT2D eigenvalue weighted by molar-refractivity contribution is 6.11. The second-order valence-electron chi connectivity index (χ2n) is 9.02. The van der Waals surface area contributed by atoms with E-state index >= 15 is 0 Å². The summed E-state index contributed by atoms with van der Waals surface area (Å²) in [5, 5.41) is 0. The van der Waals surface area contributed by atoms with Crippen molar-refractivity contribution < 1.29 is 9.53 Å². The van der Waals surface area contributed by atoms with Crippen LogP contribution in [0.5, 0.6) is 5.75 Å². The first-order valence-corrected chi connectivity index (χ1v) is 9.31. The van der Waals surface area contributed by atoms with Crippen LogP contribution in [0.4, 0.5) is 0 Å². The Morgan fingerprint density at radius 3 is 1.81 bits per heavy atom. The molecule has 0 radical (unpaired) electrons. The number of rotatable bonds is 3. The zero-order valence-corrected chi connectivity index (χ0v) is 17.8. The van der Waals surface area contributed by atoms with Crippen molar-refractivity contribution in [2.24, 2.45) is 15.8 Å². The second-order valence-corrected chi connectivity index (χ2v) is 9.02. The average Bonchev–Trinajstić information content (AvgIpc) is 2.58. The number of benzene rings is 1. The average molecular weight is 366 g/mol. The van der Waals surface area contributed by atoms with E-state index < -0.39 is 0 Å². The van der Waals surface area contributed by atoms with E-state index in [1.54, 1.807) is 7.11 Å². The lowest BCUT2D eigenvalue weighted by Crippen LogP contribution is -2.27. The van der Waals surface area contributed by atoms with Gasteiger partial charge in [-0.3, -0.25) is 9.79 Å². The number of methoxy groups -OCH3 is 1. The number of nitrogens with zero attached hydrogens (tertiary/aromatic N) is 1. The van der Waals surface area contributed by atoms with Gasteiger partial charge in [0, 0.05) is 23.1 Å². The number of ether oxygens (including phenoxy) is 1. The minimum atomic E-state index is -0.213. The molecule has 1 aliphatic rings. The SMILES string of the molecule is COc1ccc(C(C)=NC=C2C=C(C(C)(C)C)C(=O)C(C(C)(C)C)=C2)cc1. The standard InChI is InChI=1S/C24H31NO2/c1-16(18-9-11-19(27-8)12-10-18)25-15-17-13-20(23(2,3)4)22(26)21(14-17)24(5,6)7/h9-15H,1-8H3. The van der Waals surface area contributed by atoms with E-state index in [9.17, 15) is 4.79 Å². The van der Waals surface area contributed by atoms with Gasteiger partial charge in [0.25, 0.3) is 0 Å². The van der Waals surface area contributed by atoms with E-state index in [-0.39, 0.29) is 16.6 Å². The summed E-state index contributed by atoms with van der Waals surface area (Å²) in [7, 11) is 1.66. The van der Waals surface area contributed by atoms with Crippen molar-refractivity contribution in [1.29, 1.82) is 0 Å².